The molecule has 6 heteroatoms. The van der Waals surface area contributed by atoms with E-state index in [2.05, 4.69) is 17.1 Å². The molecule has 0 aromatic rings. The molecule has 1 saturated heterocycles. The normalized spacial score (nSPS) is 19.4. The van der Waals surface area contributed by atoms with Gasteiger partial charge in [-0.2, -0.15) is 10.5 Å². The molecule has 1 amide bonds. The van der Waals surface area contributed by atoms with Crippen LogP contribution in [0.3, 0.4) is 0 Å². The van der Waals surface area contributed by atoms with Crippen molar-refractivity contribution in [2.24, 2.45) is 0 Å². The molecule has 1 rings (SSSR count). The van der Waals surface area contributed by atoms with Gasteiger partial charge in [0, 0.05) is 38.8 Å². The van der Waals surface area contributed by atoms with Crippen molar-refractivity contribution in [1.29, 1.82) is 10.5 Å². The maximum Gasteiger partial charge on any atom is 0.236 e. The van der Waals surface area contributed by atoms with Crippen LogP contribution < -0.4 is 5.32 Å². The van der Waals surface area contributed by atoms with E-state index in [1.807, 2.05) is 12.1 Å². The summed E-state index contributed by atoms with van der Waals surface area (Å²) in [5.74, 6) is 0.0135. The van der Waals surface area contributed by atoms with E-state index in [1.54, 1.807) is 4.90 Å². The van der Waals surface area contributed by atoms with Gasteiger partial charge >= 0.3 is 0 Å². The lowest BCUT2D eigenvalue weighted by atomic mass is 10.2. The van der Waals surface area contributed by atoms with Crippen LogP contribution in [0.1, 0.15) is 19.8 Å². The van der Waals surface area contributed by atoms with Gasteiger partial charge in [0.2, 0.25) is 5.91 Å². The third-order valence-electron chi connectivity index (χ3n) is 3.15. The van der Waals surface area contributed by atoms with E-state index in [4.69, 9.17) is 10.5 Å². The van der Waals surface area contributed by atoms with Crippen molar-refractivity contribution < 1.29 is 4.79 Å². The fraction of sp³-hybridized carbons (Fsp3) is 0.769. The number of hydrogen-bond donors (Lipinski definition) is 1. The Morgan fingerprint density at radius 3 is 2.53 bits per heavy atom. The highest BCUT2D eigenvalue weighted by molar-refractivity contribution is 5.78. The molecule has 1 fully saturated rings. The van der Waals surface area contributed by atoms with Crippen LogP contribution in [0.5, 0.6) is 0 Å². The Morgan fingerprint density at radius 2 is 2.00 bits per heavy atom. The van der Waals surface area contributed by atoms with Gasteiger partial charge in [-0.15, -0.1) is 0 Å². The molecule has 0 aliphatic carbocycles. The Balaban J connectivity index is 2.46. The molecule has 6 nitrogen and oxygen atoms in total. The predicted molar refractivity (Wildman–Crippen MR) is 70.9 cm³/mol. The highest BCUT2D eigenvalue weighted by Gasteiger charge is 2.20. The van der Waals surface area contributed by atoms with E-state index in [1.165, 1.54) is 0 Å². The first-order valence-corrected chi connectivity index (χ1v) is 6.64. The Labute approximate surface area is 114 Å². The average Bonchev–Trinajstić information content (AvgIpc) is 2.38. The molecule has 0 spiro atoms. The van der Waals surface area contributed by atoms with Gasteiger partial charge in [-0.05, 0) is 6.92 Å². The molecule has 1 aliphatic heterocycles. The van der Waals surface area contributed by atoms with Crippen molar-refractivity contribution in [3.05, 3.63) is 0 Å². The van der Waals surface area contributed by atoms with Crippen molar-refractivity contribution >= 4 is 5.91 Å². The maximum atomic E-state index is 12.2. The van der Waals surface area contributed by atoms with E-state index in [0.717, 1.165) is 19.6 Å². The Bertz CT molecular complexity index is 352. The van der Waals surface area contributed by atoms with Gasteiger partial charge in [0.05, 0.1) is 31.5 Å². The molecule has 1 atom stereocenters. The number of carbonyl (C=O) groups is 1. The first-order chi connectivity index (χ1) is 9.17. The zero-order valence-corrected chi connectivity index (χ0v) is 11.4. The summed E-state index contributed by atoms with van der Waals surface area (Å²) in [5, 5.41) is 20.5. The third-order valence-corrected chi connectivity index (χ3v) is 3.15. The summed E-state index contributed by atoms with van der Waals surface area (Å²) in [5.41, 5.74) is 0. The van der Waals surface area contributed by atoms with Crippen molar-refractivity contribution in [3.8, 4) is 12.1 Å². The quantitative estimate of drug-likeness (QED) is 0.725. The average molecular weight is 263 g/mol. The molecular formula is C13H21N5O. The lowest BCUT2D eigenvalue weighted by molar-refractivity contribution is -0.132. The van der Waals surface area contributed by atoms with Crippen LogP contribution >= 0.6 is 0 Å². The SMILES string of the molecule is C[C@H]1CN(CC(=O)N(CCC#N)CCC#N)CCN1. The highest BCUT2D eigenvalue weighted by atomic mass is 16.2. The first-order valence-electron chi connectivity index (χ1n) is 6.64. The van der Waals surface area contributed by atoms with E-state index >= 15 is 0 Å². The predicted octanol–water partition coefficient (Wildman–Crippen LogP) is -0.0639. The van der Waals surface area contributed by atoms with Crippen LogP contribution in [0, 0.1) is 22.7 Å². The summed E-state index contributed by atoms with van der Waals surface area (Å²) in [6.45, 7) is 5.92. The zero-order valence-electron chi connectivity index (χ0n) is 11.4. The van der Waals surface area contributed by atoms with Crippen molar-refractivity contribution in [2.45, 2.75) is 25.8 Å². The Morgan fingerprint density at radius 1 is 1.37 bits per heavy atom. The Kier molecular flexibility index (Phi) is 6.88. The Hall–Kier alpha value is -1.63. The second kappa shape index (κ2) is 8.47. The number of rotatable bonds is 6. The minimum absolute atomic E-state index is 0.0135. The molecule has 1 N–H and O–H groups in total. The summed E-state index contributed by atoms with van der Waals surface area (Å²) in [4.78, 5) is 15.9. The van der Waals surface area contributed by atoms with Gasteiger partial charge < -0.3 is 10.2 Å². The minimum atomic E-state index is 0.0135. The number of nitriles is 2. The molecule has 19 heavy (non-hydrogen) atoms. The molecule has 0 saturated carbocycles. The monoisotopic (exact) mass is 263 g/mol. The number of piperazine rings is 1. The van der Waals surface area contributed by atoms with Gasteiger partial charge in [0.1, 0.15) is 0 Å². The topological polar surface area (TPSA) is 83.2 Å². The van der Waals surface area contributed by atoms with E-state index in [0.29, 0.717) is 38.5 Å². The summed E-state index contributed by atoms with van der Waals surface area (Å²) >= 11 is 0. The van der Waals surface area contributed by atoms with Gasteiger partial charge in [-0.1, -0.05) is 0 Å². The minimum Gasteiger partial charge on any atom is -0.340 e. The fourth-order valence-electron chi connectivity index (χ4n) is 2.18. The third kappa shape index (κ3) is 5.69. The molecule has 1 heterocycles. The standard InChI is InChI=1S/C13H21N5O/c1-12-10-17(9-6-16-12)11-13(19)18(7-2-4-14)8-3-5-15/h12,16H,2-3,6-11H2,1H3/t12-/m0/s1. The number of nitrogens with one attached hydrogen (secondary N) is 1. The van der Waals surface area contributed by atoms with Crippen molar-refractivity contribution in [2.75, 3.05) is 39.3 Å². The van der Waals surface area contributed by atoms with E-state index in [-0.39, 0.29) is 5.91 Å². The van der Waals surface area contributed by atoms with Gasteiger partial charge in [0.25, 0.3) is 0 Å². The fourth-order valence-corrected chi connectivity index (χ4v) is 2.18. The van der Waals surface area contributed by atoms with Gasteiger partial charge in [-0.3, -0.25) is 9.69 Å². The summed E-state index contributed by atoms with van der Waals surface area (Å²) in [6, 6.07) is 4.48. The van der Waals surface area contributed by atoms with Gasteiger partial charge in [-0.25, -0.2) is 0 Å². The van der Waals surface area contributed by atoms with Crippen LogP contribution in [-0.4, -0.2) is 61.0 Å². The second-order valence-electron chi connectivity index (χ2n) is 4.79. The van der Waals surface area contributed by atoms with Crippen molar-refractivity contribution in [3.63, 3.8) is 0 Å². The first kappa shape index (κ1) is 15.4. The van der Waals surface area contributed by atoms with Crippen LogP contribution in [0.4, 0.5) is 0 Å². The molecule has 0 unspecified atom stereocenters. The molecule has 0 aromatic heterocycles. The van der Waals surface area contributed by atoms with Crippen LogP contribution in [0.25, 0.3) is 0 Å². The molecule has 0 radical (unpaired) electrons. The lowest BCUT2D eigenvalue weighted by Gasteiger charge is -2.32. The molecule has 1 aliphatic rings. The van der Waals surface area contributed by atoms with Crippen LogP contribution in [-0.2, 0) is 4.79 Å². The van der Waals surface area contributed by atoms with E-state index in [9.17, 15) is 4.79 Å². The van der Waals surface area contributed by atoms with Crippen molar-refractivity contribution in [1.82, 2.24) is 15.1 Å². The second-order valence-corrected chi connectivity index (χ2v) is 4.79. The van der Waals surface area contributed by atoms with Crippen LogP contribution in [0.15, 0.2) is 0 Å². The summed E-state index contributed by atoms with van der Waals surface area (Å²) < 4.78 is 0. The maximum absolute atomic E-state index is 12.2. The summed E-state index contributed by atoms with van der Waals surface area (Å²) in [6.07, 6.45) is 0.629. The summed E-state index contributed by atoms with van der Waals surface area (Å²) in [7, 11) is 0. The van der Waals surface area contributed by atoms with E-state index < -0.39 is 0 Å². The molecule has 0 aromatic carbocycles. The van der Waals surface area contributed by atoms with Crippen LogP contribution in [0.2, 0.25) is 0 Å². The largest absolute Gasteiger partial charge is 0.340 e. The number of hydrogen-bond acceptors (Lipinski definition) is 5. The molecular weight excluding hydrogens is 242 g/mol. The zero-order chi connectivity index (χ0) is 14.1. The number of carbonyl (C=O) groups excluding carboxylic acids is 1. The highest BCUT2D eigenvalue weighted by Crippen LogP contribution is 2.02. The van der Waals surface area contributed by atoms with Gasteiger partial charge in [0.15, 0.2) is 0 Å². The lowest BCUT2D eigenvalue weighted by Crippen LogP contribution is -2.52. The number of nitrogens with zero attached hydrogens (tertiary/aromatic N) is 4. The smallest absolute Gasteiger partial charge is 0.236 e. The molecule has 0 bridgehead atoms. The number of amides is 1. The molecule has 104 valence electrons.